The Bertz CT molecular complexity index is 888. The Morgan fingerprint density at radius 1 is 0.675 bits per heavy atom. The van der Waals surface area contributed by atoms with Gasteiger partial charge in [0.05, 0.1) is 25.3 Å². The molecule has 1 aliphatic carbocycles. The molecule has 0 aromatic rings. The molecule has 0 aromatic heterocycles. The zero-order chi connectivity index (χ0) is 28.3. The zero-order valence-corrected chi connectivity index (χ0v) is 23.8. The van der Waals surface area contributed by atoms with E-state index in [4.69, 9.17) is 18.9 Å². The van der Waals surface area contributed by atoms with E-state index in [1.807, 2.05) is 0 Å². The van der Waals surface area contributed by atoms with Crippen molar-refractivity contribution in [2.45, 2.75) is 74.5 Å². The van der Waals surface area contributed by atoms with Crippen LogP contribution in [0.2, 0.25) is 0 Å². The van der Waals surface area contributed by atoms with Crippen molar-refractivity contribution in [3.8, 4) is 0 Å². The van der Waals surface area contributed by atoms with Crippen molar-refractivity contribution in [2.75, 3.05) is 66.8 Å². The van der Waals surface area contributed by atoms with Crippen molar-refractivity contribution >= 4 is 23.8 Å². The van der Waals surface area contributed by atoms with E-state index in [9.17, 15) is 19.2 Å². The van der Waals surface area contributed by atoms with Gasteiger partial charge >= 0.3 is 12.2 Å². The molecule has 4 atom stereocenters. The number of ether oxygens (including phenoxy) is 4. The van der Waals surface area contributed by atoms with Gasteiger partial charge in [0.25, 0.3) is 0 Å². The van der Waals surface area contributed by atoms with E-state index in [2.05, 4.69) is 20.4 Å². The van der Waals surface area contributed by atoms with Crippen LogP contribution in [0.4, 0.5) is 9.59 Å². The number of carbonyl (C=O) groups is 4. The highest BCUT2D eigenvalue weighted by Gasteiger charge is 2.55. The molecule has 0 radical (unpaired) electrons. The maximum atomic E-state index is 13.1. The minimum absolute atomic E-state index is 0.0105. The Morgan fingerprint density at radius 3 is 1.38 bits per heavy atom. The molecule has 2 N–H and O–H groups in total. The van der Waals surface area contributed by atoms with Crippen LogP contribution in [0.5, 0.6) is 0 Å². The highest BCUT2D eigenvalue weighted by Crippen LogP contribution is 2.38. The third-order valence-electron chi connectivity index (χ3n) is 9.88. The first kappa shape index (κ1) is 29.2. The molecule has 0 aromatic carbocycles. The fraction of sp³-hybridized carbons (Fsp3) is 0.857. The first-order valence-corrected chi connectivity index (χ1v) is 14.8. The third-order valence-corrected chi connectivity index (χ3v) is 9.88. The highest BCUT2D eigenvalue weighted by atomic mass is 16.6. The summed E-state index contributed by atoms with van der Waals surface area (Å²) in [5.74, 6) is 0.158. The molecule has 7 fully saturated rings. The van der Waals surface area contributed by atoms with Gasteiger partial charge in [-0.3, -0.25) is 19.4 Å². The largest absolute Gasteiger partial charge is 0.447 e. The molecule has 7 rings (SSSR count). The lowest BCUT2D eigenvalue weighted by Crippen LogP contribution is -2.69. The van der Waals surface area contributed by atoms with E-state index < -0.39 is 23.3 Å². The van der Waals surface area contributed by atoms with Crippen LogP contribution < -0.4 is 10.6 Å². The lowest BCUT2D eigenvalue weighted by atomic mass is 9.74. The number of nitrogens with zero attached hydrogens (tertiary/aromatic N) is 2. The number of methoxy groups -OCH3 is 2. The summed E-state index contributed by atoms with van der Waals surface area (Å²) in [6, 6.07) is -0.676. The number of nitrogens with one attached hydrogen (secondary N) is 2. The highest BCUT2D eigenvalue weighted by molar-refractivity contribution is 5.93. The molecule has 1 saturated carbocycles. The van der Waals surface area contributed by atoms with Gasteiger partial charge in [-0.25, -0.2) is 9.59 Å². The third kappa shape index (κ3) is 5.47. The fourth-order valence-corrected chi connectivity index (χ4v) is 7.65. The van der Waals surface area contributed by atoms with Crippen LogP contribution in [-0.2, 0) is 28.5 Å². The number of hydrogen-bond acceptors (Lipinski definition) is 10. The quantitative estimate of drug-likeness (QED) is 0.397. The number of ketones is 2. The average molecular weight is 565 g/mol. The first-order chi connectivity index (χ1) is 19.3. The maximum Gasteiger partial charge on any atom is 0.407 e. The number of amides is 2. The summed E-state index contributed by atoms with van der Waals surface area (Å²) in [6.07, 6.45) is 5.27. The number of carbonyl (C=O) groups excluding carboxylic acids is 4. The summed E-state index contributed by atoms with van der Waals surface area (Å²) >= 11 is 0. The summed E-state index contributed by atoms with van der Waals surface area (Å²) in [5.41, 5.74) is -1.88. The van der Waals surface area contributed by atoms with Crippen molar-refractivity contribution in [2.24, 2.45) is 11.8 Å². The smallest absolute Gasteiger partial charge is 0.407 e. The van der Waals surface area contributed by atoms with Crippen molar-refractivity contribution in [3.05, 3.63) is 0 Å². The molecule has 2 amide bonds. The number of hydrogen-bond donors (Lipinski definition) is 2. The summed E-state index contributed by atoms with van der Waals surface area (Å²) in [6.45, 7) is 3.38. The van der Waals surface area contributed by atoms with Crippen molar-refractivity contribution < 1.29 is 38.1 Å². The molecule has 0 unspecified atom stereocenters. The van der Waals surface area contributed by atoms with Gasteiger partial charge in [0.15, 0.2) is 11.6 Å². The van der Waals surface area contributed by atoms with Gasteiger partial charge < -0.3 is 29.6 Å². The van der Waals surface area contributed by atoms with Crippen LogP contribution in [0.25, 0.3) is 0 Å². The molecule has 6 saturated heterocycles. The first-order valence-electron chi connectivity index (χ1n) is 14.8. The Kier molecular flexibility index (Phi) is 8.98. The molecule has 6 aliphatic heterocycles. The molecule has 6 heterocycles. The van der Waals surface area contributed by atoms with E-state index in [1.54, 1.807) is 14.2 Å². The van der Waals surface area contributed by atoms with Crippen LogP contribution in [0, 0.1) is 11.8 Å². The predicted octanol–water partition coefficient (Wildman–Crippen LogP) is 1.11. The second-order valence-corrected chi connectivity index (χ2v) is 12.1. The maximum absolute atomic E-state index is 13.1. The van der Waals surface area contributed by atoms with E-state index >= 15 is 0 Å². The Morgan fingerprint density at radius 2 is 1.05 bits per heavy atom. The Balaban J connectivity index is 1.15. The fourth-order valence-electron chi connectivity index (χ4n) is 7.65. The van der Waals surface area contributed by atoms with Crippen molar-refractivity contribution in [3.63, 3.8) is 0 Å². The van der Waals surface area contributed by atoms with Crippen LogP contribution in [-0.4, -0.2) is 124 Å². The van der Waals surface area contributed by atoms with Gasteiger partial charge in [-0.1, -0.05) is 12.8 Å². The van der Waals surface area contributed by atoms with Gasteiger partial charge in [0.2, 0.25) is 0 Å². The van der Waals surface area contributed by atoms with Gasteiger partial charge in [0, 0.05) is 52.2 Å². The minimum atomic E-state index is -0.939. The predicted molar refractivity (Wildman–Crippen MR) is 143 cm³/mol. The number of piperidine rings is 6. The van der Waals surface area contributed by atoms with Gasteiger partial charge in [-0.05, 0) is 38.5 Å². The molecule has 0 spiro atoms. The van der Waals surface area contributed by atoms with Crippen molar-refractivity contribution in [1.29, 1.82) is 0 Å². The molecule has 12 heteroatoms. The average Bonchev–Trinajstić information content (AvgIpc) is 2.97. The standard InChI is InChI=1S/C28H44N4O8/c1-37-15-27(23(33)19-7-11-31(27)12-8-19)17-39-25(35)29-21-5-3-4-6-22(21)30-26(36)40-18-28(16-38-2)24(34)20-9-13-32(28)14-10-20/h19-22H,3-18H2,1-2H3,(H,29,35)(H,30,36)/t21-,22+,27-,28-/m0/s1. The second kappa shape index (κ2) is 12.3. The van der Waals surface area contributed by atoms with Crippen LogP contribution in [0.1, 0.15) is 51.4 Å². The van der Waals surface area contributed by atoms with Crippen LogP contribution in [0.3, 0.4) is 0 Å². The topological polar surface area (TPSA) is 136 Å². The Labute approximate surface area is 235 Å². The summed E-state index contributed by atoms with van der Waals surface area (Å²) < 4.78 is 22.1. The number of fused-ring (bicyclic) bond motifs is 6. The second-order valence-electron chi connectivity index (χ2n) is 12.1. The number of rotatable bonds is 10. The number of Topliss-reactive ketones (excluding diaryl/α,β-unsaturated/α-hetero) is 2. The molecule has 40 heavy (non-hydrogen) atoms. The molecular weight excluding hydrogens is 520 g/mol. The van der Waals surface area contributed by atoms with E-state index in [0.717, 1.165) is 64.7 Å². The normalized spacial score (nSPS) is 38.6. The van der Waals surface area contributed by atoms with E-state index in [1.165, 1.54) is 0 Å². The number of alkyl carbamates (subject to hydrolysis) is 2. The molecular formula is C28H44N4O8. The lowest BCUT2D eigenvalue weighted by molar-refractivity contribution is -0.158. The molecule has 12 nitrogen and oxygen atoms in total. The molecule has 4 bridgehead atoms. The summed E-state index contributed by atoms with van der Waals surface area (Å²) in [7, 11) is 3.11. The van der Waals surface area contributed by atoms with Crippen molar-refractivity contribution in [1.82, 2.24) is 20.4 Å². The molecule has 224 valence electrons. The summed E-state index contributed by atoms with van der Waals surface area (Å²) in [5, 5.41) is 5.82. The van der Waals surface area contributed by atoms with E-state index in [-0.39, 0.29) is 61.9 Å². The Hall–Kier alpha value is -2.28. The van der Waals surface area contributed by atoms with Gasteiger partial charge in [-0.2, -0.15) is 0 Å². The van der Waals surface area contributed by atoms with E-state index in [0.29, 0.717) is 12.8 Å². The monoisotopic (exact) mass is 564 g/mol. The van der Waals surface area contributed by atoms with Gasteiger partial charge in [-0.15, -0.1) is 0 Å². The lowest BCUT2D eigenvalue weighted by Gasteiger charge is -2.51. The van der Waals surface area contributed by atoms with Crippen LogP contribution >= 0.6 is 0 Å². The SMILES string of the molecule is COC[C@]1(COC(=O)N[C@H]2CCCC[C@H]2NC(=O)OC[C@@]2(COC)C(=O)C3CCN2CC3)C(=O)C2CCN1CC2. The zero-order valence-electron chi connectivity index (χ0n) is 23.8. The minimum Gasteiger partial charge on any atom is -0.447 e. The molecule has 7 aliphatic rings. The summed E-state index contributed by atoms with van der Waals surface area (Å²) in [4.78, 5) is 56.3. The van der Waals surface area contributed by atoms with Gasteiger partial charge in [0.1, 0.15) is 24.3 Å². The van der Waals surface area contributed by atoms with Crippen LogP contribution in [0.15, 0.2) is 0 Å².